The minimum Gasteiger partial charge on any atom is -0.494 e. The Hall–Kier alpha value is -4.39. The maximum absolute atomic E-state index is 13.5. The third-order valence-corrected chi connectivity index (χ3v) is 5.78. The molecule has 1 unspecified atom stereocenters. The molecule has 34 heavy (non-hydrogen) atoms. The normalized spacial score (nSPS) is 12.1. The van der Waals surface area contributed by atoms with Crippen molar-refractivity contribution in [2.45, 2.75) is 19.9 Å². The monoisotopic (exact) mass is 451 g/mol. The topological polar surface area (TPSA) is 95.1 Å². The van der Waals surface area contributed by atoms with Gasteiger partial charge in [-0.15, -0.1) is 0 Å². The number of hydrogen-bond donors (Lipinski definition) is 2. The van der Waals surface area contributed by atoms with Gasteiger partial charge in [-0.05, 0) is 55.8 Å². The molecule has 2 aromatic heterocycles. The van der Waals surface area contributed by atoms with Crippen molar-refractivity contribution in [1.29, 1.82) is 0 Å². The number of carbonyl (C=O) groups excluding carboxylic acids is 1. The van der Waals surface area contributed by atoms with Gasteiger partial charge in [0.25, 0.3) is 5.91 Å². The van der Waals surface area contributed by atoms with E-state index in [1.165, 1.54) is 0 Å². The van der Waals surface area contributed by atoms with Gasteiger partial charge in [0.1, 0.15) is 22.6 Å². The molecule has 0 fully saturated rings. The molecule has 7 nitrogen and oxygen atoms in total. The summed E-state index contributed by atoms with van der Waals surface area (Å²) < 4.78 is 7.34. The van der Waals surface area contributed by atoms with E-state index < -0.39 is 0 Å². The summed E-state index contributed by atoms with van der Waals surface area (Å²) in [6, 6.07) is 24.7. The van der Waals surface area contributed by atoms with E-state index in [9.17, 15) is 4.79 Å². The van der Waals surface area contributed by atoms with E-state index in [1.54, 1.807) is 4.57 Å². The number of fused-ring (bicyclic) bond motifs is 2. The molecule has 0 aliphatic rings. The summed E-state index contributed by atoms with van der Waals surface area (Å²) in [5, 5.41) is 3.06. The van der Waals surface area contributed by atoms with Crippen molar-refractivity contribution < 1.29 is 9.53 Å². The third kappa shape index (κ3) is 3.81. The Morgan fingerprint density at radius 2 is 1.62 bits per heavy atom. The summed E-state index contributed by atoms with van der Waals surface area (Å²) in [4.78, 5) is 23.1. The number of nitrogen functional groups attached to an aromatic ring is 1. The molecule has 3 aromatic carbocycles. The maximum Gasteiger partial charge on any atom is 0.257 e. The number of benzene rings is 3. The minimum atomic E-state index is -0.298. The highest BCUT2D eigenvalue weighted by Gasteiger charge is 2.26. The number of anilines is 1. The number of amides is 1. The van der Waals surface area contributed by atoms with Gasteiger partial charge in [-0.1, -0.05) is 42.5 Å². The predicted octanol–water partition coefficient (Wildman–Crippen LogP) is 5.05. The molecule has 5 rings (SSSR count). The predicted molar refractivity (Wildman–Crippen MR) is 134 cm³/mol. The molecule has 3 N–H and O–H groups in total. The number of aromatic nitrogens is 3. The zero-order valence-corrected chi connectivity index (χ0v) is 19.0. The van der Waals surface area contributed by atoms with E-state index in [0.29, 0.717) is 28.9 Å². The van der Waals surface area contributed by atoms with Crippen LogP contribution in [0.3, 0.4) is 0 Å². The van der Waals surface area contributed by atoms with Crippen LogP contribution in [0, 0.1) is 0 Å². The number of para-hydroxylation sites is 2. The van der Waals surface area contributed by atoms with Crippen molar-refractivity contribution in [3.63, 3.8) is 0 Å². The van der Waals surface area contributed by atoms with Crippen LogP contribution in [0.25, 0.3) is 27.9 Å². The molecule has 0 aliphatic heterocycles. The molecule has 0 radical (unpaired) electrons. The minimum absolute atomic E-state index is 0.203. The van der Waals surface area contributed by atoms with Gasteiger partial charge in [0.15, 0.2) is 5.65 Å². The number of carbonyl (C=O) groups is 1. The first-order valence-electron chi connectivity index (χ1n) is 11.2. The molecule has 170 valence electrons. The lowest BCUT2D eigenvalue weighted by Crippen LogP contribution is -2.27. The molecule has 7 heteroatoms. The summed E-state index contributed by atoms with van der Waals surface area (Å²) in [5.41, 5.74) is 11.1. The fraction of sp³-hybridized carbons (Fsp3) is 0.148. The van der Waals surface area contributed by atoms with Crippen molar-refractivity contribution in [1.82, 2.24) is 19.9 Å². The highest BCUT2D eigenvalue weighted by molar-refractivity contribution is 6.11. The van der Waals surface area contributed by atoms with Gasteiger partial charge >= 0.3 is 0 Å². The van der Waals surface area contributed by atoms with Gasteiger partial charge < -0.3 is 15.8 Å². The summed E-state index contributed by atoms with van der Waals surface area (Å²) in [6.45, 7) is 4.46. The summed E-state index contributed by atoms with van der Waals surface area (Å²) >= 11 is 0. The number of ether oxygens (including phenoxy) is 1. The van der Waals surface area contributed by atoms with Crippen LogP contribution in [0.5, 0.6) is 5.75 Å². The number of hydrogen-bond acceptors (Lipinski definition) is 5. The lowest BCUT2D eigenvalue weighted by molar-refractivity contribution is 0.0942. The Balaban J connectivity index is 1.65. The number of nitrogens with two attached hydrogens (primary N) is 1. The molecule has 2 heterocycles. The number of nitrogens with one attached hydrogen (secondary N) is 1. The van der Waals surface area contributed by atoms with Crippen molar-refractivity contribution in [2.75, 3.05) is 12.3 Å². The Morgan fingerprint density at radius 3 is 2.29 bits per heavy atom. The highest BCUT2D eigenvalue weighted by atomic mass is 16.5. The molecule has 1 amide bonds. The van der Waals surface area contributed by atoms with Crippen LogP contribution in [0.2, 0.25) is 0 Å². The fourth-order valence-corrected chi connectivity index (χ4v) is 4.10. The van der Waals surface area contributed by atoms with Gasteiger partial charge in [0, 0.05) is 5.69 Å². The number of rotatable bonds is 6. The summed E-state index contributed by atoms with van der Waals surface area (Å²) in [6.07, 6.45) is 0. The van der Waals surface area contributed by atoms with Gasteiger partial charge in [-0.3, -0.25) is 9.36 Å². The first-order chi connectivity index (χ1) is 16.6. The van der Waals surface area contributed by atoms with Gasteiger partial charge in [-0.2, -0.15) is 0 Å². The van der Waals surface area contributed by atoms with Gasteiger partial charge in [0.05, 0.1) is 23.7 Å². The molecule has 0 saturated heterocycles. The van der Waals surface area contributed by atoms with Crippen molar-refractivity contribution >= 4 is 33.9 Å². The first kappa shape index (κ1) is 21.5. The van der Waals surface area contributed by atoms with E-state index >= 15 is 0 Å². The second-order valence-corrected chi connectivity index (χ2v) is 8.01. The van der Waals surface area contributed by atoms with Crippen LogP contribution in [0.4, 0.5) is 5.82 Å². The van der Waals surface area contributed by atoms with E-state index in [1.807, 2.05) is 92.7 Å². The Labute approximate surface area is 197 Å². The SMILES string of the molecule is CCOc1ccc(-n2c(N)c(C(=O)NC(C)c3ccccc3)c3nc4ccccc4nc32)cc1. The molecule has 5 aromatic rings. The molecule has 0 saturated carbocycles. The van der Waals surface area contributed by atoms with E-state index in [-0.39, 0.29) is 17.8 Å². The fourth-order valence-electron chi connectivity index (χ4n) is 4.10. The third-order valence-electron chi connectivity index (χ3n) is 5.78. The van der Waals surface area contributed by atoms with Crippen LogP contribution < -0.4 is 15.8 Å². The maximum atomic E-state index is 13.5. The smallest absolute Gasteiger partial charge is 0.257 e. The highest BCUT2D eigenvalue weighted by Crippen LogP contribution is 2.32. The zero-order chi connectivity index (χ0) is 23.7. The molecular weight excluding hydrogens is 426 g/mol. The van der Waals surface area contributed by atoms with Gasteiger partial charge in [-0.25, -0.2) is 9.97 Å². The molecule has 0 bridgehead atoms. The van der Waals surface area contributed by atoms with E-state index in [4.69, 9.17) is 20.4 Å². The van der Waals surface area contributed by atoms with Crippen molar-refractivity contribution in [2.24, 2.45) is 0 Å². The second-order valence-electron chi connectivity index (χ2n) is 8.01. The standard InChI is InChI=1S/C27H25N5O2/c1-3-34-20-15-13-19(14-16-20)32-25(28)23(27(33)29-17(2)18-9-5-4-6-10-18)24-26(32)31-22-12-8-7-11-21(22)30-24/h4-17H,3,28H2,1-2H3,(H,29,33). The van der Waals surface area contributed by atoms with Crippen LogP contribution in [-0.4, -0.2) is 27.0 Å². The quantitative estimate of drug-likeness (QED) is 0.377. The molecular formula is C27H25N5O2. The lowest BCUT2D eigenvalue weighted by atomic mass is 10.1. The average Bonchev–Trinajstić information content (AvgIpc) is 3.14. The molecule has 0 aliphatic carbocycles. The number of nitrogens with zero attached hydrogens (tertiary/aromatic N) is 3. The Morgan fingerprint density at radius 1 is 0.971 bits per heavy atom. The zero-order valence-electron chi connectivity index (χ0n) is 19.0. The second kappa shape index (κ2) is 8.86. The van der Waals surface area contributed by atoms with E-state index in [2.05, 4.69) is 5.32 Å². The summed E-state index contributed by atoms with van der Waals surface area (Å²) in [7, 11) is 0. The lowest BCUT2D eigenvalue weighted by Gasteiger charge is -2.14. The Bertz CT molecular complexity index is 1480. The van der Waals surface area contributed by atoms with Crippen molar-refractivity contribution in [3.8, 4) is 11.4 Å². The van der Waals surface area contributed by atoms with Crippen molar-refractivity contribution in [3.05, 3.63) is 90.0 Å². The Kier molecular flexibility index (Phi) is 5.59. The first-order valence-corrected chi connectivity index (χ1v) is 11.2. The molecule has 0 spiro atoms. The van der Waals surface area contributed by atoms with Crippen LogP contribution in [0.15, 0.2) is 78.9 Å². The summed E-state index contributed by atoms with van der Waals surface area (Å²) in [5.74, 6) is 0.743. The largest absolute Gasteiger partial charge is 0.494 e. The molecule has 1 atom stereocenters. The van der Waals surface area contributed by atoms with E-state index in [0.717, 1.165) is 22.5 Å². The van der Waals surface area contributed by atoms with Gasteiger partial charge in [0.2, 0.25) is 0 Å². The van der Waals surface area contributed by atoms with Crippen LogP contribution in [-0.2, 0) is 0 Å². The van der Waals surface area contributed by atoms with Crippen LogP contribution in [0.1, 0.15) is 35.8 Å². The van der Waals surface area contributed by atoms with Crippen LogP contribution >= 0.6 is 0 Å². The average molecular weight is 452 g/mol.